The quantitative estimate of drug-likeness (QED) is 0.259. The average molecular weight is 409 g/mol. The minimum Gasteiger partial charge on any atom is -0.319 e. The molecule has 0 bridgehead atoms. The van der Waals surface area contributed by atoms with Crippen LogP contribution in [-0.4, -0.2) is 30.8 Å². The number of hydrogen-bond acceptors (Lipinski definition) is 6. The molecule has 3 aromatic rings. The molecule has 0 aliphatic heterocycles. The normalized spacial score (nSPS) is 11.6. The van der Waals surface area contributed by atoms with Gasteiger partial charge in [-0.15, -0.1) is 16.8 Å². The Balaban J connectivity index is 1.79. The first-order chi connectivity index (χ1) is 14.0. The molecule has 9 heteroatoms. The molecule has 0 saturated carbocycles. The first-order valence-corrected chi connectivity index (χ1v) is 9.69. The van der Waals surface area contributed by atoms with E-state index in [1.165, 1.54) is 23.9 Å². The molecule has 1 aromatic heterocycles. The van der Waals surface area contributed by atoms with Gasteiger partial charge in [0.05, 0.1) is 10.2 Å². The number of thioether (sulfide) groups is 1. The molecule has 1 amide bonds. The first-order valence-electron chi connectivity index (χ1n) is 8.81. The van der Waals surface area contributed by atoms with E-state index in [9.17, 15) is 14.9 Å². The second kappa shape index (κ2) is 9.16. The molecular formula is C20H19N5O3S. The van der Waals surface area contributed by atoms with Gasteiger partial charge in [-0.2, -0.15) is 0 Å². The zero-order valence-corrected chi connectivity index (χ0v) is 16.5. The Morgan fingerprint density at radius 1 is 1.24 bits per heavy atom. The van der Waals surface area contributed by atoms with E-state index >= 15 is 0 Å². The maximum Gasteiger partial charge on any atom is 0.292 e. The number of carbonyl (C=O) groups excluding carboxylic acids is 1. The van der Waals surface area contributed by atoms with Crippen LogP contribution >= 0.6 is 11.8 Å². The largest absolute Gasteiger partial charge is 0.319 e. The third-order valence-electron chi connectivity index (χ3n) is 4.07. The highest BCUT2D eigenvalue weighted by atomic mass is 32.2. The van der Waals surface area contributed by atoms with Crippen molar-refractivity contribution in [3.05, 3.63) is 77.4 Å². The highest BCUT2D eigenvalue weighted by Crippen LogP contribution is 2.29. The van der Waals surface area contributed by atoms with Crippen LogP contribution in [0.15, 0.2) is 72.4 Å². The van der Waals surface area contributed by atoms with Crippen molar-refractivity contribution in [1.29, 1.82) is 0 Å². The molecule has 0 saturated heterocycles. The van der Waals surface area contributed by atoms with Crippen LogP contribution in [0, 0.1) is 10.1 Å². The average Bonchev–Trinajstić information content (AvgIpc) is 3.11. The number of nitro benzene ring substituents is 1. The second-order valence-corrected chi connectivity index (χ2v) is 7.40. The van der Waals surface area contributed by atoms with E-state index in [-0.39, 0.29) is 17.3 Å². The summed E-state index contributed by atoms with van der Waals surface area (Å²) in [5.41, 5.74) is 0.914. The van der Waals surface area contributed by atoms with Crippen LogP contribution in [0.4, 0.5) is 11.4 Å². The summed E-state index contributed by atoms with van der Waals surface area (Å²) in [6, 6.07) is 15.6. The van der Waals surface area contributed by atoms with Gasteiger partial charge in [-0.1, -0.05) is 60.3 Å². The molecule has 1 unspecified atom stereocenters. The Bertz CT molecular complexity index is 1040. The summed E-state index contributed by atoms with van der Waals surface area (Å²) in [7, 11) is 0. The van der Waals surface area contributed by atoms with Crippen molar-refractivity contribution in [2.24, 2.45) is 0 Å². The number of hydrogen-bond donors (Lipinski definition) is 1. The van der Waals surface area contributed by atoms with Crippen molar-refractivity contribution in [3.63, 3.8) is 0 Å². The fraction of sp³-hybridized carbons (Fsp3) is 0.150. The molecule has 0 aliphatic carbocycles. The Morgan fingerprint density at radius 3 is 2.62 bits per heavy atom. The molecule has 3 rings (SSSR count). The number of rotatable bonds is 8. The summed E-state index contributed by atoms with van der Waals surface area (Å²) in [5.74, 6) is 0.318. The van der Waals surface area contributed by atoms with E-state index in [1.807, 2.05) is 34.9 Å². The molecule has 0 fully saturated rings. The molecule has 1 N–H and O–H groups in total. The zero-order chi connectivity index (χ0) is 20.8. The minimum atomic E-state index is -0.550. The second-order valence-electron chi connectivity index (χ2n) is 6.10. The van der Waals surface area contributed by atoms with Crippen molar-refractivity contribution in [2.75, 3.05) is 5.32 Å². The number of allylic oxidation sites excluding steroid dienone is 1. The number of anilines is 1. The van der Waals surface area contributed by atoms with Crippen LogP contribution in [0.25, 0.3) is 11.4 Å². The van der Waals surface area contributed by atoms with Gasteiger partial charge in [0.15, 0.2) is 11.0 Å². The number of amides is 1. The van der Waals surface area contributed by atoms with E-state index in [1.54, 1.807) is 25.1 Å². The molecule has 29 heavy (non-hydrogen) atoms. The number of nitro groups is 1. The first kappa shape index (κ1) is 20.3. The zero-order valence-electron chi connectivity index (χ0n) is 15.7. The summed E-state index contributed by atoms with van der Waals surface area (Å²) in [5, 5.41) is 22.3. The molecule has 8 nitrogen and oxygen atoms in total. The van der Waals surface area contributed by atoms with E-state index in [0.29, 0.717) is 17.5 Å². The molecule has 0 radical (unpaired) electrons. The van der Waals surface area contributed by atoms with E-state index in [4.69, 9.17) is 0 Å². The molecular weight excluding hydrogens is 390 g/mol. The number of nitrogens with zero attached hydrogens (tertiary/aromatic N) is 4. The van der Waals surface area contributed by atoms with Gasteiger partial charge < -0.3 is 5.32 Å². The van der Waals surface area contributed by atoms with Crippen LogP contribution in [-0.2, 0) is 11.3 Å². The highest BCUT2D eigenvalue weighted by Gasteiger charge is 2.22. The van der Waals surface area contributed by atoms with Crippen LogP contribution < -0.4 is 5.32 Å². The molecule has 1 atom stereocenters. The van der Waals surface area contributed by atoms with Gasteiger partial charge in [-0.05, 0) is 13.0 Å². The third-order valence-corrected chi connectivity index (χ3v) is 5.15. The standard InChI is InChI=1S/C20H19N5O3S/c1-3-13-24-18(15-9-5-4-6-10-15)22-23-20(24)29-14(2)19(26)21-16-11-7-8-12-17(16)25(27)28/h3-12,14H,1,13H2,2H3,(H,21,26). The number of nitrogens with one attached hydrogen (secondary N) is 1. The lowest BCUT2D eigenvalue weighted by molar-refractivity contribution is -0.383. The lowest BCUT2D eigenvalue weighted by Crippen LogP contribution is -2.23. The molecule has 0 aliphatic rings. The monoisotopic (exact) mass is 409 g/mol. The SMILES string of the molecule is C=CCn1c(SC(C)C(=O)Nc2ccccc2[N+](=O)[O-])nnc1-c1ccccc1. The van der Waals surface area contributed by atoms with Crippen molar-refractivity contribution in [2.45, 2.75) is 23.9 Å². The number of carbonyl (C=O) groups is 1. The predicted molar refractivity (Wildman–Crippen MR) is 113 cm³/mol. The van der Waals surface area contributed by atoms with E-state index in [0.717, 1.165) is 5.56 Å². The maximum absolute atomic E-state index is 12.6. The molecule has 148 valence electrons. The van der Waals surface area contributed by atoms with Crippen molar-refractivity contribution >= 4 is 29.0 Å². The molecule has 1 heterocycles. The third kappa shape index (κ3) is 4.69. The van der Waals surface area contributed by atoms with Crippen LogP contribution in [0.1, 0.15) is 6.92 Å². The summed E-state index contributed by atoms with van der Waals surface area (Å²) in [6.45, 7) is 5.98. The van der Waals surface area contributed by atoms with E-state index < -0.39 is 10.2 Å². The summed E-state index contributed by atoms with van der Waals surface area (Å²) in [4.78, 5) is 23.2. The smallest absolute Gasteiger partial charge is 0.292 e. The minimum absolute atomic E-state index is 0.153. The van der Waals surface area contributed by atoms with Gasteiger partial charge in [-0.25, -0.2) is 0 Å². The van der Waals surface area contributed by atoms with Crippen LogP contribution in [0.5, 0.6) is 0 Å². The van der Waals surface area contributed by atoms with Crippen molar-refractivity contribution < 1.29 is 9.72 Å². The van der Waals surface area contributed by atoms with Gasteiger partial charge in [-0.3, -0.25) is 19.5 Å². The number of benzene rings is 2. The fourth-order valence-electron chi connectivity index (χ4n) is 2.65. The Kier molecular flexibility index (Phi) is 6.40. The topological polar surface area (TPSA) is 103 Å². The van der Waals surface area contributed by atoms with Gasteiger partial charge in [0.2, 0.25) is 5.91 Å². The molecule has 0 spiro atoms. The molecule has 2 aromatic carbocycles. The number of aromatic nitrogens is 3. The van der Waals surface area contributed by atoms with Crippen molar-refractivity contribution in [1.82, 2.24) is 14.8 Å². The van der Waals surface area contributed by atoms with Gasteiger partial charge >= 0.3 is 0 Å². The fourth-order valence-corrected chi connectivity index (χ4v) is 3.51. The van der Waals surface area contributed by atoms with Gasteiger partial charge in [0.25, 0.3) is 5.69 Å². The van der Waals surface area contributed by atoms with Crippen LogP contribution in [0.2, 0.25) is 0 Å². The number of para-hydroxylation sites is 2. The Morgan fingerprint density at radius 2 is 1.93 bits per heavy atom. The maximum atomic E-state index is 12.6. The van der Waals surface area contributed by atoms with Crippen molar-refractivity contribution in [3.8, 4) is 11.4 Å². The highest BCUT2D eigenvalue weighted by molar-refractivity contribution is 8.00. The summed E-state index contributed by atoms with van der Waals surface area (Å²) < 4.78 is 1.88. The lowest BCUT2D eigenvalue weighted by atomic mass is 10.2. The van der Waals surface area contributed by atoms with E-state index in [2.05, 4.69) is 22.1 Å². The Hall–Kier alpha value is -3.46. The predicted octanol–water partition coefficient (Wildman–Crippen LogP) is 4.16. The summed E-state index contributed by atoms with van der Waals surface area (Å²) >= 11 is 1.23. The van der Waals surface area contributed by atoms with Gasteiger partial charge in [0.1, 0.15) is 5.69 Å². The van der Waals surface area contributed by atoms with Crippen LogP contribution in [0.3, 0.4) is 0 Å². The van der Waals surface area contributed by atoms with Gasteiger partial charge in [0, 0.05) is 18.2 Å². The lowest BCUT2D eigenvalue weighted by Gasteiger charge is -2.13. The Labute approximate surface area is 171 Å². The summed E-state index contributed by atoms with van der Waals surface area (Å²) in [6.07, 6.45) is 1.73.